The molecule has 2 nitrogen and oxygen atoms in total. The van der Waals surface area contributed by atoms with Gasteiger partial charge in [0, 0.05) is 5.54 Å². The Morgan fingerprint density at radius 1 is 1.36 bits per heavy atom. The molecule has 0 heterocycles. The first-order valence-corrected chi connectivity index (χ1v) is 4.90. The second kappa shape index (κ2) is 4.11. The van der Waals surface area contributed by atoms with E-state index in [-0.39, 0.29) is 6.61 Å². The number of aryl methyl sites for hydroxylation is 2. The van der Waals surface area contributed by atoms with E-state index in [0.717, 1.165) is 6.42 Å². The van der Waals surface area contributed by atoms with Crippen LogP contribution in [0.5, 0.6) is 0 Å². The van der Waals surface area contributed by atoms with Crippen LogP contribution in [0.3, 0.4) is 0 Å². The number of hydrogen-bond acceptors (Lipinski definition) is 2. The van der Waals surface area contributed by atoms with Crippen LogP contribution in [0.15, 0.2) is 18.2 Å². The van der Waals surface area contributed by atoms with Crippen molar-refractivity contribution in [3.8, 4) is 0 Å². The second-order valence-electron chi connectivity index (χ2n) is 4.42. The van der Waals surface area contributed by atoms with Crippen LogP contribution >= 0.6 is 0 Å². The highest BCUT2D eigenvalue weighted by molar-refractivity contribution is 5.31. The number of benzene rings is 1. The van der Waals surface area contributed by atoms with E-state index in [0.29, 0.717) is 0 Å². The zero-order valence-electron chi connectivity index (χ0n) is 9.17. The normalized spacial score (nSPS) is 15.2. The molecular formula is C12H19NO. The topological polar surface area (TPSA) is 46.2 Å². The molecule has 0 aliphatic heterocycles. The Balaban J connectivity index is 2.91. The Hall–Kier alpha value is -0.860. The predicted octanol–water partition coefficient (Wildman–Crippen LogP) is 1.56. The average Bonchev–Trinajstić information content (AvgIpc) is 2.11. The van der Waals surface area contributed by atoms with Crippen LogP contribution in [0.4, 0.5) is 0 Å². The summed E-state index contributed by atoms with van der Waals surface area (Å²) in [4.78, 5) is 0. The molecule has 0 aliphatic carbocycles. The number of aliphatic hydroxyl groups is 1. The summed E-state index contributed by atoms with van der Waals surface area (Å²) in [6.07, 6.45) is 0.719. The van der Waals surface area contributed by atoms with E-state index in [2.05, 4.69) is 32.0 Å². The fraction of sp³-hybridized carbons (Fsp3) is 0.500. The molecule has 0 amide bonds. The van der Waals surface area contributed by atoms with Gasteiger partial charge in [0.05, 0.1) is 6.61 Å². The third-order valence-electron chi connectivity index (χ3n) is 2.46. The van der Waals surface area contributed by atoms with Crippen LogP contribution in [0.1, 0.15) is 23.6 Å². The van der Waals surface area contributed by atoms with Gasteiger partial charge < -0.3 is 10.8 Å². The third-order valence-corrected chi connectivity index (χ3v) is 2.46. The van der Waals surface area contributed by atoms with Gasteiger partial charge in [-0.3, -0.25) is 0 Å². The van der Waals surface area contributed by atoms with Gasteiger partial charge >= 0.3 is 0 Å². The first kappa shape index (κ1) is 11.2. The fourth-order valence-electron chi connectivity index (χ4n) is 1.48. The van der Waals surface area contributed by atoms with Crippen LogP contribution in [0.25, 0.3) is 0 Å². The molecule has 3 N–H and O–H groups in total. The predicted molar refractivity (Wildman–Crippen MR) is 59.3 cm³/mol. The highest BCUT2D eigenvalue weighted by Gasteiger charge is 2.18. The molecule has 78 valence electrons. The van der Waals surface area contributed by atoms with Crippen LogP contribution in [0, 0.1) is 13.8 Å². The first-order chi connectivity index (χ1) is 6.44. The van der Waals surface area contributed by atoms with E-state index in [1.807, 2.05) is 6.92 Å². The summed E-state index contributed by atoms with van der Waals surface area (Å²) in [6, 6.07) is 6.32. The minimum absolute atomic E-state index is 0.0143. The highest BCUT2D eigenvalue weighted by atomic mass is 16.3. The largest absolute Gasteiger partial charge is 0.394 e. The van der Waals surface area contributed by atoms with Gasteiger partial charge in [-0.25, -0.2) is 0 Å². The standard InChI is InChI=1S/C12H19NO/c1-9-4-5-10(2)11(6-9)7-12(3,13)8-14/h4-6,14H,7-8,13H2,1-3H3. The van der Waals surface area contributed by atoms with Crippen LogP contribution in [0.2, 0.25) is 0 Å². The van der Waals surface area contributed by atoms with Gasteiger partial charge in [0.15, 0.2) is 0 Å². The van der Waals surface area contributed by atoms with Crippen molar-refractivity contribution in [2.75, 3.05) is 6.61 Å². The van der Waals surface area contributed by atoms with Gasteiger partial charge in [0.25, 0.3) is 0 Å². The van der Waals surface area contributed by atoms with E-state index in [1.165, 1.54) is 16.7 Å². The Morgan fingerprint density at radius 2 is 2.00 bits per heavy atom. The monoisotopic (exact) mass is 193 g/mol. The molecule has 1 rings (SSSR count). The van der Waals surface area contributed by atoms with E-state index >= 15 is 0 Å². The maximum Gasteiger partial charge on any atom is 0.0611 e. The molecule has 0 radical (unpaired) electrons. The van der Waals surface area contributed by atoms with Crippen molar-refractivity contribution in [2.45, 2.75) is 32.7 Å². The Kier molecular flexibility index (Phi) is 3.29. The molecule has 1 aromatic rings. The summed E-state index contributed by atoms with van der Waals surface area (Å²) in [5.41, 5.74) is 9.10. The van der Waals surface area contributed by atoms with Crippen molar-refractivity contribution in [3.05, 3.63) is 34.9 Å². The lowest BCUT2D eigenvalue weighted by atomic mass is 9.91. The fourth-order valence-corrected chi connectivity index (χ4v) is 1.48. The summed E-state index contributed by atoms with van der Waals surface area (Å²) < 4.78 is 0. The zero-order valence-corrected chi connectivity index (χ0v) is 9.17. The van der Waals surface area contributed by atoms with E-state index in [9.17, 15) is 0 Å². The summed E-state index contributed by atoms with van der Waals surface area (Å²) >= 11 is 0. The smallest absolute Gasteiger partial charge is 0.0611 e. The molecule has 1 atom stereocenters. The van der Waals surface area contributed by atoms with Gasteiger partial charge in [-0.2, -0.15) is 0 Å². The zero-order chi connectivity index (χ0) is 10.8. The summed E-state index contributed by atoms with van der Waals surface area (Å²) in [7, 11) is 0. The average molecular weight is 193 g/mol. The molecule has 0 fully saturated rings. The number of rotatable bonds is 3. The quantitative estimate of drug-likeness (QED) is 0.765. The van der Waals surface area contributed by atoms with E-state index in [4.69, 9.17) is 10.8 Å². The van der Waals surface area contributed by atoms with Crippen LogP contribution in [-0.2, 0) is 6.42 Å². The SMILES string of the molecule is Cc1ccc(C)c(CC(C)(N)CO)c1. The highest BCUT2D eigenvalue weighted by Crippen LogP contribution is 2.16. The Morgan fingerprint density at radius 3 is 2.57 bits per heavy atom. The molecule has 0 spiro atoms. The number of nitrogens with two attached hydrogens (primary N) is 1. The third kappa shape index (κ3) is 2.82. The summed E-state index contributed by atoms with van der Waals surface area (Å²) in [6.45, 7) is 6.02. The van der Waals surface area contributed by atoms with Crippen molar-refractivity contribution in [1.82, 2.24) is 0 Å². The van der Waals surface area contributed by atoms with Crippen molar-refractivity contribution in [3.63, 3.8) is 0 Å². The lowest BCUT2D eigenvalue weighted by Crippen LogP contribution is -2.42. The summed E-state index contributed by atoms with van der Waals surface area (Å²) in [5.74, 6) is 0. The maximum atomic E-state index is 9.09. The van der Waals surface area contributed by atoms with E-state index in [1.54, 1.807) is 0 Å². The summed E-state index contributed by atoms with van der Waals surface area (Å²) in [5, 5.41) is 9.09. The van der Waals surface area contributed by atoms with Crippen LogP contribution < -0.4 is 5.73 Å². The number of aliphatic hydroxyl groups excluding tert-OH is 1. The maximum absolute atomic E-state index is 9.09. The molecule has 1 unspecified atom stereocenters. The van der Waals surface area contributed by atoms with Crippen molar-refractivity contribution in [1.29, 1.82) is 0 Å². The minimum Gasteiger partial charge on any atom is -0.394 e. The Labute approximate surface area is 85.8 Å². The molecule has 0 saturated carbocycles. The first-order valence-electron chi connectivity index (χ1n) is 4.90. The number of hydrogen-bond donors (Lipinski definition) is 2. The van der Waals surface area contributed by atoms with Gasteiger partial charge in [-0.1, -0.05) is 23.8 Å². The van der Waals surface area contributed by atoms with Gasteiger partial charge in [0.2, 0.25) is 0 Å². The molecule has 0 bridgehead atoms. The van der Waals surface area contributed by atoms with Crippen LogP contribution in [-0.4, -0.2) is 17.3 Å². The molecular weight excluding hydrogens is 174 g/mol. The van der Waals surface area contributed by atoms with Gasteiger partial charge in [-0.05, 0) is 38.3 Å². The van der Waals surface area contributed by atoms with Gasteiger partial charge in [-0.15, -0.1) is 0 Å². The van der Waals surface area contributed by atoms with Gasteiger partial charge in [0.1, 0.15) is 0 Å². The van der Waals surface area contributed by atoms with Crippen molar-refractivity contribution >= 4 is 0 Å². The molecule has 2 heteroatoms. The van der Waals surface area contributed by atoms with Crippen molar-refractivity contribution in [2.24, 2.45) is 5.73 Å². The minimum atomic E-state index is -0.515. The van der Waals surface area contributed by atoms with E-state index < -0.39 is 5.54 Å². The molecule has 0 saturated heterocycles. The lowest BCUT2D eigenvalue weighted by Gasteiger charge is -2.22. The Bertz CT molecular complexity index is 318. The molecule has 1 aromatic carbocycles. The lowest BCUT2D eigenvalue weighted by molar-refractivity contribution is 0.208. The second-order valence-corrected chi connectivity index (χ2v) is 4.42. The van der Waals surface area contributed by atoms with Crippen molar-refractivity contribution < 1.29 is 5.11 Å². The molecule has 0 aromatic heterocycles. The molecule has 14 heavy (non-hydrogen) atoms. The molecule has 0 aliphatic rings.